The second-order valence-corrected chi connectivity index (χ2v) is 4.42. The summed E-state index contributed by atoms with van der Waals surface area (Å²) in [7, 11) is 1.60. The number of methoxy groups -OCH3 is 1. The Hall–Kier alpha value is -2.00. The molecule has 0 aliphatic heterocycles. The summed E-state index contributed by atoms with van der Waals surface area (Å²) in [6.07, 6.45) is 0. The highest BCUT2D eigenvalue weighted by Crippen LogP contribution is 2.28. The summed E-state index contributed by atoms with van der Waals surface area (Å²) in [5.41, 5.74) is 3.13. The molecule has 3 nitrogen and oxygen atoms in total. The molecule has 0 radical (unpaired) electrons. The Morgan fingerprint density at radius 2 is 1.63 bits per heavy atom. The van der Waals surface area contributed by atoms with Gasteiger partial charge in [-0.25, -0.2) is 0 Å². The maximum Gasteiger partial charge on any atom is 0.162 e. The standard InChI is InChI=1S/C16H18O3/c1-12-3-5-13(6-4-12)11-19-16-9-14(10-17)7-8-15(16)18-2/h3-9,17H,10-11H2,1-2H3. The van der Waals surface area contributed by atoms with Gasteiger partial charge in [0.25, 0.3) is 0 Å². The Labute approximate surface area is 113 Å². The van der Waals surface area contributed by atoms with E-state index >= 15 is 0 Å². The molecule has 2 aromatic carbocycles. The summed E-state index contributed by atoms with van der Waals surface area (Å²) in [5.74, 6) is 1.32. The Morgan fingerprint density at radius 1 is 0.947 bits per heavy atom. The van der Waals surface area contributed by atoms with Crippen LogP contribution in [0.1, 0.15) is 16.7 Å². The number of aliphatic hydroxyl groups is 1. The highest BCUT2D eigenvalue weighted by Gasteiger charge is 2.06. The highest BCUT2D eigenvalue weighted by molar-refractivity contribution is 5.43. The molecule has 0 unspecified atom stereocenters. The molecule has 0 fully saturated rings. The molecule has 100 valence electrons. The van der Waals surface area contributed by atoms with E-state index in [0.29, 0.717) is 18.1 Å². The van der Waals surface area contributed by atoms with Crippen LogP contribution >= 0.6 is 0 Å². The molecule has 0 saturated carbocycles. The maximum atomic E-state index is 9.15. The molecular formula is C16H18O3. The Bertz CT molecular complexity index is 532. The van der Waals surface area contributed by atoms with Crippen molar-refractivity contribution in [3.05, 3.63) is 59.2 Å². The van der Waals surface area contributed by atoms with E-state index in [1.807, 2.05) is 18.2 Å². The van der Waals surface area contributed by atoms with Crippen molar-refractivity contribution in [2.24, 2.45) is 0 Å². The molecule has 19 heavy (non-hydrogen) atoms. The van der Waals surface area contributed by atoms with Gasteiger partial charge >= 0.3 is 0 Å². The Balaban J connectivity index is 2.11. The zero-order valence-corrected chi connectivity index (χ0v) is 11.2. The molecule has 0 aliphatic rings. The van der Waals surface area contributed by atoms with Crippen molar-refractivity contribution in [3.63, 3.8) is 0 Å². The first-order valence-corrected chi connectivity index (χ1v) is 6.19. The predicted octanol–water partition coefficient (Wildman–Crippen LogP) is 3.07. The maximum absolute atomic E-state index is 9.15. The molecule has 0 spiro atoms. The van der Waals surface area contributed by atoms with Crippen LogP contribution in [0.4, 0.5) is 0 Å². The van der Waals surface area contributed by atoms with E-state index in [0.717, 1.165) is 11.1 Å². The summed E-state index contributed by atoms with van der Waals surface area (Å²) in [6.45, 7) is 2.52. The third-order valence-corrected chi connectivity index (χ3v) is 2.93. The molecular weight excluding hydrogens is 240 g/mol. The van der Waals surface area contributed by atoms with E-state index in [2.05, 4.69) is 19.1 Å². The van der Waals surface area contributed by atoms with Crippen molar-refractivity contribution in [1.29, 1.82) is 0 Å². The summed E-state index contributed by atoms with van der Waals surface area (Å²) in [4.78, 5) is 0. The summed E-state index contributed by atoms with van der Waals surface area (Å²) < 4.78 is 11.0. The molecule has 0 atom stereocenters. The van der Waals surface area contributed by atoms with Crippen LogP contribution in [0.5, 0.6) is 11.5 Å². The fourth-order valence-corrected chi connectivity index (χ4v) is 1.78. The van der Waals surface area contributed by atoms with Crippen LogP contribution in [0.25, 0.3) is 0 Å². The van der Waals surface area contributed by atoms with Crippen molar-refractivity contribution >= 4 is 0 Å². The molecule has 0 amide bonds. The van der Waals surface area contributed by atoms with Crippen molar-refractivity contribution in [1.82, 2.24) is 0 Å². The van der Waals surface area contributed by atoms with Gasteiger partial charge in [-0.05, 0) is 30.2 Å². The average molecular weight is 258 g/mol. The zero-order valence-electron chi connectivity index (χ0n) is 11.2. The van der Waals surface area contributed by atoms with Crippen molar-refractivity contribution in [2.45, 2.75) is 20.1 Å². The quantitative estimate of drug-likeness (QED) is 0.895. The van der Waals surface area contributed by atoms with E-state index in [-0.39, 0.29) is 6.61 Å². The van der Waals surface area contributed by atoms with Gasteiger partial charge in [-0.15, -0.1) is 0 Å². The Morgan fingerprint density at radius 3 is 2.26 bits per heavy atom. The van der Waals surface area contributed by atoms with Gasteiger partial charge in [0.1, 0.15) is 6.61 Å². The lowest BCUT2D eigenvalue weighted by atomic mass is 10.1. The van der Waals surface area contributed by atoms with Crippen molar-refractivity contribution in [2.75, 3.05) is 7.11 Å². The number of hydrogen-bond donors (Lipinski definition) is 1. The molecule has 1 N–H and O–H groups in total. The van der Waals surface area contributed by atoms with Crippen molar-refractivity contribution < 1.29 is 14.6 Å². The van der Waals surface area contributed by atoms with Crippen LogP contribution in [0.2, 0.25) is 0 Å². The zero-order chi connectivity index (χ0) is 13.7. The molecule has 0 aromatic heterocycles. The van der Waals surface area contributed by atoms with E-state index in [4.69, 9.17) is 14.6 Å². The number of ether oxygens (including phenoxy) is 2. The van der Waals surface area contributed by atoms with E-state index < -0.39 is 0 Å². The van der Waals surface area contributed by atoms with Crippen molar-refractivity contribution in [3.8, 4) is 11.5 Å². The minimum atomic E-state index is -0.00904. The van der Waals surface area contributed by atoms with E-state index in [1.54, 1.807) is 19.2 Å². The fourth-order valence-electron chi connectivity index (χ4n) is 1.78. The third-order valence-electron chi connectivity index (χ3n) is 2.93. The lowest BCUT2D eigenvalue weighted by Gasteiger charge is -2.12. The van der Waals surface area contributed by atoms with Gasteiger partial charge in [0.05, 0.1) is 13.7 Å². The smallest absolute Gasteiger partial charge is 0.162 e. The van der Waals surface area contributed by atoms with E-state index in [1.165, 1.54) is 5.56 Å². The first-order chi connectivity index (χ1) is 9.22. The molecule has 3 heteroatoms. The van der Waals surface area contributed by atoms with Crippen LogP contribution < -0.4 is 9.47 Å². The number of benzene rings is 2. The second-order valence-electron chi connectivity index (χ2n) is 4.42. The lowest BCUT2D eigenvalue weighted by Crippen LogP contribution is -1.98. The largest absolute Gasteiger partial charge is 0.493 e. The monoisotopic (exact) mass is 258 g/mol. The highest BCUT2D eigenvalue weighted by atomic mass is 16.5. The normalized spacial score (nSPS) is 10.3. The second kappa shape index (κ2) is 6.25. The Kier molecular flexibility index (Phi) is 4.42. The van der Waals surface area contributed by atoms with Gasteiger partial charge in [-0.1, -0.05) is 35.9 Å². The van der Waals surface area contributed by atoms with Crippen LogP contribution in [0.15, 0.2) is 42.5 Å². The van der Waals surface area contributed by atoms with Crippen LogP contribution in [0.3, 0.4) is 0 Å². The summed E-state index contributed by atoms with van der Waals surface area (Å²) >= 11 is 0. The molecule has 0 heterocycles. The lowest BCUT2D eigenvalue weighted by molar-refractivity contribution is 0.271. The van der Waals surface area contributed by atoms with Crippen LogP contribution in [-0.4, -0.2) is 12.2 Å². The molecule has 2 aromatic rings. The summed E-state index contributed by atoms with van der Waals surface area (Å²) in [5, 5.41) is 9.15. The first-order valence-electron chi connectivity index (χ1n) is 6.19. The van der Waals surface area contributed by atoms with E-state index in [9.17, 15) is 0 Å². The minimum absolute atomic E-state index is 0.00904. The summed E-state index contributed by atoms with van der Waals surface area (Å²) in [6, 6.07) is 13.6. The topological polar surface area (TPSA) is 38.7 Å². The van der Waals surface area contributed by atoms with Gasteiger partial charge in [0.15, 0.2) is 11.5 Å². The number of aliphatic hydroxyl groups excluding tert-OH is 1. The van der Waals surface area contributed by atoms with Gasteiger partial charge in [-0.3, -0.25) is 0 Å². The van der Waals surface area contributed by atoms with Gasteiger partial charge in [0.2, 0.25) is 0 Å². The number of hydrogen-bond acceptors (Lipinski definition) is 3. The van der Waals surface area contributed by atoms with Crippen LogP contribution in [0, 0.1) is 6.92 Å². The number of rotatable bonds is 5. The van der Waals surface area contributed by atoms with Crippen LogP contribution in [-0.2, 0) is 13.2 Å². The number of aryl methyl sites for hydroxylation is 1. The van der Waals surface area contributed by atoms with Gasteiger partial charge in [0, 0.05) is 0 Å². The SMILES string of the molecule is COc1ccc(CO)cc1OCc1ccc(C)cc1. The van der Waals surface area contributed by atoms with Gasteiger partial charge in [-0.2, -0.15) is 0 Å². The molecule has 0 bridgehead atoms. The van der Waals surface area contributed by atoms with Gasteiger partial charge < -0.3 is 14.6 Å². The predicted molar refractivity (Wildman–Crippen MR) is 74.4 cm³/mol. The minimum Gasteiger partial charge on any atom is -0.493 e. The molecule has 0 aliphatic carbocycles. The average Bonchev–Trinajstić information content (AvgIpc) is 2.46. The molecule has 0 saturated heterocycles. The fraction of sp³-hybridized carbons (Fsp3) is 0.250. The first kappa shape index (κ1) is 13.4. The third kappa shape index (κ3) is 3.48. The molecule has 2 rings (SSSR count).